The Kier molecular flexibility index (Phi) is 4.87. The van der Waals surface area contributed by atoms with Crippen molar-refractivity contribution in [2.75, 3.05) is 4.72 Å². The summed E-state index contributed by atoms with van der Waals surface area (Å²) in [4.78, 5) is 33.4. The van der Waals surface area contributed by atoms with Gasteiger partial charge in [0.2, 0.25) is 0 Å². The van der Waals surface area contributed by atoms with Gasteiger partial charge in [-0.1, -0.05) is 6.07 Å². The van der Waals surface area contributed by atoms with Crippen LogP contribution < -0.4 is 14.8 Å². The number of nitro benzene ring substituents is 1. The van der Waals surface area contributed by atoms with Gasteiger partial charge in [-0.25, -0.2) is 8.42 Å². The molecule has 0 saturated heterocycles. The van der Waals surface area contributed by atoms with Crippen LogP contribution in [0.25, 0.3) is 0 Å². The van der Waals surface area contributed by atoms with Gasteiger partial charge in [-0.05, 0) is 42.5 Å². The van der Waals surface area contributed by atoms with Crippen molar-refractivity contribution in [3.05, 3.63) is 88.0 Å². The number of nitrogens with one attached hydrogen (secondary N) is 2. The Balaban J connectivity index is 1.53. The van der Waals surface area contributed by atoms with Gasteiger partial charge in [-0.3, -0.25) is 29.7 Å². The lowest BCUT2D eigenvalue weighted by atomic mass is 10.1. The second-order valence-corrected chi connectivity index (χ2v) is 8.16. The van der Waals surface area contributed by atoms with Crippen LogP contribution in [0.1, 0.15) is 20.7 Å². The Morgan fingerprint density at radius 1 is 0.871 bits per heavy atom. The summed E-state index contributed by atoms with van der Waals surface area (Å²) >= 11 is 0. The van der Waals surface area contributed by atoms with Crippen molar-refractivity contribution in [3.63, 3.8) is 0 Å². The number of imide groups is 1. The Bertz CT molecular complexity index is 1340. The standard InChI is InChI=1S/C20H13N3O7S/c24-19-17-9-6-15(11-18(17)20(25)21-19)30-14-3-1-2-12(10-14)22-31(28,29)16-7-4-13(5-8-16)23(26)27/h1-11,22H,(H,21,24,25). The summed E-state index contributed by atoms with van der Waals surface area (Å²) in [5.74, 6) is -0.420. The second-order valence-electron chi connectivity index (χ2n) is 6.48. The number of fused-ring (bicyclic) bond motifs is 1. The maximum atomic E-state index is 12.5. The Morgan fingerprint density at radius 3 is 2.26 bits per heavy atom. The van der Waals surface area contributed by atoms with Crippen molar-refractivity contribution < 1.29 is 27.7 Å². The summed E-state index contributed by atoms with van der Waals surface area (Å²) in [6.45, 7) is 0. The molecule has 4 rings (SSSR count). The average Bonchev–Trinajstić information content (AvgIpc) is 3.01. The number of hydrogen-bond acceptors (Lipinski definition) is 7. The molecule has 31 heavy (non-hydrogen) atoms. The van der Waals surface area contributed by atoms with E-state index in [9.17, 15) is 28.1 Å². The number of hydrogen-bond donors (Lipinski definition) is 2. The molecule has 1 aliphatic rings. The molecule has 0 aliphatic carbocycles. The number of rotatable bonds is 6. The molecule has 3 aromatic carbocycles. The predicted molar refractivity (Wildman–Crippen MR) is 109 cm³/mol. The molecule has 0 atom stereocenters. The smallest absolute Gasteiger partial charge is 0.269 e. The quantitative estimate of drug-likeness (QED) is 0.341. The van der Waals surface area contributed by atoms with Crippen LogP contribution in [0.2, 0.25) is 0 Å². The first-order chi connectivity index (χ1) is 14.7. The van der Waals surface area contributed by atoms with Gasteiger partial charge in [0, 0.05) is 18.2 Å². The molecule has 1 aliphatic heterocycles. The minimum atomic E-state index is -3.99. The molecular weight excluding hydrogens is 426 g/mol. The lowest BCUT2D eigenvalue weighted by Crippen LogP contribution is -2.19. The van der Waals surface area contributed by atoms with Crippen molar-refractivity contribution >= 4 is 33.2 Å². The zero-order chi connectivity index (χ0) is 22.2. The fourth-order valence-corrected chi connectivity index (χ4v) is 3.98. The average molecular weight is 439 g/mol. The maximum Gasteiger partial charge on any atom is 0.269 e. The highest BCUT2D eigenvalue weighted by Crippen LogP contribution is 2.28. The molecule has 156 valence electrons. The highest BCUT2D eigenvalue weighted by Gasteiger charge is 2.27. The minimum Gasteiger partial charge on any atom is -0.457 e. The van der Waals surface area contributed by atoms with E-state index in [4.69, 9.17) is 4.74 Å². The van der Waals surface area contributed by atoms with Crippen LogP contribution in [-0.2, 0) is 10.0 Å². The van der Waals surface area contributed by atoms with E-state index in [2.05, 4.69) is 10.0 Å². The fourth-order valence-electron chi connectivity index (χ4n) is 2.93. The van der Waals surface area contributed by atoms with E-state index in [0.717, 1.165) is 24.3 Å². The molecule has 0 unspecified atom stereocenters. The van der Waals surface area contributed by atoms with E-state index in [1.165, 1.54) is 30.3 Å². The number of amides is 2. The third-order valence-corrected chi connectivity index (χ3v) is 5.78. The number of carbonyl (C=O) groups is 2. The number of benzene rings is 3. The SMILES string of the molecule is O=C1NC(=O)c2cc(Oc3cccc(NS(=O)(=O)c4ccc([N+](=O)[O-])cc4)c3)ccc21. The number of anilines is 1. The first-order valence-corrected chi connectivity index (χ1v) is 10.3. The van der Waals surface area contributed by atoms with E-state index in [1.54, 1.807) is 12.1 Å². The molecule has 11 heteroatoms. The lowest BCUT2D eigenvalue weighted by Gasteiger charge is -2.11. The molecule has 0 spiro atoms. The number of non-ortho nitro benzene ring substituents is 1. The van der Waals surface area contributed by atoms with Crippen molar-refractivity contribution in [3.8, 4) is 11.5 Å². The molecule has 2 amide bonds. The van der Waals surface area contributed by atoms with Gasteiger partial charge >= 0.3 is 0 Å². The Labute approximate surface area is 175 Å². The van der Waals surface area contributed by atoms with Crippen LogP contribution in [0, 0.1) is 10.1 Å². The van der Waals surface area contributed by atoms with Crippen molar-refractivity contribution in [2.45, 2.75) is 4.90 Å². The van der Waals surface area contributed by atoms with Crippen LogP contribution in [0.3, 0.4) is 0 Å². The molecule has 0 aromatic heterocycles. The lowest BCUT2D eigenvalue weighted by molar-refractivity contribution is -0.384. The van der Waals surface area contributed by atoms with Crippen molar-refractivity contribution in [1.29, 1.82) is 0 Å². The van der Waals surface area contributed by atoms with E-state index in [-0.39, 0.29) is 33.1 Å². The zero-order valence-electron chi connectivity index (χ0n) is 15.6. The van der Waals surface area contributed by atoms with Gasteiger partial charge < -0.3 is 4.74 Å². The fraction of sp³-hybridized carbons (Fsp3) is 0. The van der Waals surface area contributed by atoms with Crippen molar-refractivity contribution in [2.24, 2.45) is 0 Å². The monoisotopic (exact) mass is 439 g/mol. The normalized spacial score (nSPS) is 12.8. The summed E-state index contributed by atoms with van der Waals surface area (Å²) in [5.41, 5.74) is 0.420. The van der Waals surface area contributed by atoms with E-state index < -0.39 is 26.8 Å². The summed E-state index contributed by atoms with van der Waals surface area (Å²) in [6.07, 6.45) is 0. The second kappa shape index (κ2) is 7.54. The molecule has 0 fully saturated rings. The van der Waals surface area contributed by atoms with Gasteiger partial charge in [0.25, 0.3) is 27.5 Å². The zero-order valence-corrected chi connectivity index (χ0v) is 16.4. The minimum absolute atomic E-state index is 0.140. The number of ether oxygens (including phenoxy) is 1. The highest BCUT2D eigenvalue weighted by molar-refractivity contribution is 7.92. The van der Waals surface area contributed by atoms with Gasteiger partial charge in [-0.15, -0.1) is 0 Å². The van der Waals surface area contributed by atoms with Crippen molar-refractivity contribution in [1.82, 2.24) is 5.32 Å². The van der Waals surface area contributed by atoms with E-state index in [1.807, 2.05) is 0 Å². The largest absolute Gasteiger partial charge is 0.457 e. The van der Waals surface area contributed by atoms with Gasteiger partial charge in [0.1, 0.15) is 11.5 Å². The van der Waals surface area contributed by atoms with Crippen LogP contribution >= 0.6 is 0 Å². The van der Waals surface area contributed by atoms with Gasteiger partial charge in [-0.2, -0.15) is 0 Å². The number of sulfonamides is 1. The van der Waals surface area contributed by atoms with Gasteiger partial charge in [0.05, 0.1) is 26.6 Å². The van der Waals surface area contributed by atoms with Crippen LogP contribution in [-0.4, -0.2) is 25.2 Å². The number of nitrogens with zero attached hydrogens (tertiary/aromatic N) is 1. The molecule has 0 saturated carbocycles. The Hall–Kier alpha value is -4.25. The first-order valence-electron chi connectivity index (χ1n) is 8.78. The third kappa shape index (κ3) is 4.07. The van der Waals surface area contributed by atoms with Crippen LogP contribution in [0.4, 0.5) is 11.4 Å². The summed E-state index contributed by atoms with van der Waals surface area (Å²) < 4.78 is 33.2. The summed E-state index contributed by atoms with van der Waals surface area (Å²) in [6, 6.07) is 15.0. The summed E-state index contributed by atoms with van der Waals surface area (Å²) in [5, 5.41) is 12.9. The molecule has 10 nitrogen and oxygen atoms in total. The first kappa shape index (κ1) is 20.0. The van der Waals surface area contributed by atoms with Gasteiger partial charge in [0.15, 0.2) is 0 Å². The maximum absolute atomic E-state index is 12.5. The van der Waals surface area contributed by atoms with Crippen LogP contribution in [0.15, 0.2) is 71.6 Å². The molecular formula is C20H13N3O7S. The highest BCUT2D eigenvalue weighted by atomic mass is 32.2. The molecule has 0 radical (unpaired) electrons. The topological polar surface area (TPSA) is 145 Å². The molecule has 3 aromatic rings. The Morgan fingerprint density at radius 2 is 1.55 bits per heavy atom. The summed E-state index contributed by atoms with van der Waals surface area (Å²) in [7, 11) is -3.99. The van der Waals surface area contributed by atoms with E-state index >= 15 is 0 Å². The van der Waals surface area contributed by atoms with E-state index in [0.29, 0.717) is 5.75 Å². The third-order valence-electron chi connectivity index (χ3n) is 4.39. The molecule has 0 bridgehead atoms. The predicted octanol–water partition coefficient (Wildman–Crippen LogP) is 3.07. The number of carbonyl (C=O) groups excluding carboxylic acids is 2. The molecule has 2 N–H and O–H groups in total. The molecule has 1 heterocycles. The van der Waals surface area contributed by atoms with Crippen LogP contribution in [0.5, 0.6) is 11.5 Å². The number of nitro groups is 1.